The van der Waals surface area contributed by atoms with Crippen LogP contribution in [0.15, 0.2) is 35.5 Å². The number of hydrogen-bond donors (Lipinski definition) is 0. The summed E-state index contributed by atoms with van der Waals surface area (Å²) in [6.45, 7) is 9.00. The van der Waals surface area contributed by atoms with Crippen LogP contribution in [0.4, 0.5) is 24.4 Å². The van der Waals surface area contributed by atoms with Gasteiger partial charge in [-0.05, 0) is 70.4 Å². The summed E-state index contributed by atoms with van der Waals surface area (Å²) < 4.78 is 75.0. The van der Waals surface area contributed by atoms with Gasteiger partial charge < -0.3 is 19.3 Å². The number of aromatic nitrogens is 2. The number of amides is 1. The van der Waals surface area contributed by atoms with Gasteiger partial charge in [-0.2, -0.15) is 4.37 Å². The van der Waals surface area contributed by atoms with Gasteiger partial charge in [0, 0.05) is 49.0 Å². The average Bonchev–Trinajstić information content (AvgIpc) is 3.61. The molecule has 1 aliphatic rings. The molecule has 2 aromatic carbocycles. The van der Waals surface area contributed by atoms with Gasteiger partial charge in [0.1, 0.15) is 23.5 Å². The summed E-state index contributed by atoms with van der Waals surface area (Å²) in [5.74, 6) is -1.84. The molecule has 1 aliphatic heterocycles. The van der Waals surface area contributed by atoms with Crippen LogP contribution in [0.5, 0.6) is 5.75 Å². The minimum absolute atomic E-state index is 0.0314. The van der Waals surface area contributed by atoms with E-state index in [1.165, 1.54) is 20.4 Å². The zero-order valence-corrected chi connectivity index (χ0v) is 26.3. The smallest absolute Gasteiger partial charge is 0.410 e. The number of sulfonamides is 1. The molecule has 0 unspecified atom stereocenters. The van der Waals surface area contributed by atoms with E-state index in [4.69, 9.17) is 9.47 Å². The van der Waals surface area contributed by atoms with Crippen LogP contribution in [0.3, 0.4) is 0 Å². The molecule has 0 N–H and O–H groups in total. The van der Waals surface area contributed by atoms with E-state index >= 15 is 8.78 Å². The first-order valence-electron chi connectivity index (χ1n) is 13.3. The fraction of sp³-hybridized carbons (Fsp3) is 0.464. The van der Waals surface area contributed by atoms with Gasteiger partial charge in [0.2, 0.25) is 5.13 Å². The van der Waals surface area contributed by atoms with E-state index in [2.05, 4.69) is 9.36 Å². The first kappa shape index (κ1) is 31.4. The fourth-order valence-electron chi connectivity index (χ4n) is 4.80. The van der Waals surface area contributed by atoms with Crippen molar-refractivity contribution in [2.24, 2.45) is 0 Å². The molecule has 10 nitrogen and oxygen atoms in total. The van der Waals surface area contributed by atoms with Crippen molar-refractivity contribution < 1.29 is 31.5 Å². The molecule has 0 bridgehead atoms. The number of nitrogens with zero attached hydrogens (tertiary/aromatic N) is 5. The van der Waals surface area contributed by atoms with E-state index < -0.39 is 38.2 Å². The van der Waals surface area contributed by atoms with Crippen molar-refractivity contribution in [3.05, 3.63) is 58.9 Å². The Balaban J connectivity index is 1.66. The number of aryl methyl sites for hydroxylation is 1. The van der Waals surface area contributed by atoms with Crippen LogP contribution in [0, 0.1) is 25.5 Å². The highest BCUT2D eigenvalue weighted by Gasteiger charge is 2.37. The molecule has 0 spiro atoms. The molecule has 1 aromatic heterocycles. The van der Waals surface area contributed by atoms with E-state index in [1.807, 2.05) is 0 Å². The summed E-state index contributed by atoms with van der Waals surface area (Å²) in [5, 5.41) is -0.0314. The van der Waals surface area contributed by atoms with E-state index in [0.29, 0.717) is 30.8 Å². The summed E-state index contributed by atoms with van der Waals surface area (Å²) in [5.41, 5.74) is 0.823. The Hall–Kier alpha value is -3.52. The molecule has 4 rings (SSSR count). The lowest BCUT2D eigenvalue weighted by Gasteiger charge is -2.30. The molecule has 228 valence electrons. The number of rotatable bonds is 8. The monoisotopic (exact) mass is 623 g/mol. The maximum absolute atomic E-state index is 16.0. The number of hydrogen-bond acceptors (Lipinski definition) is 9. The standard InChI is InChI=1S/C28H35F2N5O5S2/c1-17-12-21(39-7)9-8-19(17)14-35(26-31-16-32-41-26)42(37,38)25-22(29)13-23(18(2)24(25)30)33(6)20-10-11-34(15-20)27(36)40-28(3,4)5/h8-9,12-13,16,20H,10-11,14-15H2,1-7H3/t20-/m0/s1. The van der Waals surface area contributed by atoms with Crippen LogP contribution < -0.4 is 13.9 Å². The van der Waals surface area contributed by atoms with Crippen LogP contribution >= 0.6 is 11.5 Å². The summed E-state index contributed by atoms with van der Waals surface area (Å²) in [6, 6.07) is 5.88. The Morgan fingerprint density at radius 2 is 1.93 bits per heavy atom. The first-order valence-corrected chi connectivity index (χ1v) is 15.5. The molecule has 14 heteroatoms. The summed E-state index contributed by atoms with van der Waals surface area (Å²) >= 11 is 0.797. The molecular weight excluding hydrogens is 588 g/mol. The van der Waals surface area contributed by atoms with E-state index in [1.54, 1.807) is 62.7 Å². The third-order valence-corrected chi connectivity index (χ3v) is 9.69. The lowest BCUT2D eigenvalue weighted by atomic mass is 10.1. The van der Waals surface area contributed by atoms with Crippen LogP contribution in [0.1, 0.15) is 43.9 Å². The van der Waals surface area contributed by atoms with Gasteiger partial charge in [0.05, 0.1) is 13.7 Å². The van der Waals surface area contributed by atoms with Crippen LogP contribution in [-0.2, 0) is 21.3 Å². The first-order chi connectivity index (χ1) is 19.6. The average molecular weight is 624 g/mol. The predicted molar refractivity (Wildman–Crippen MR) is 157 cm³/mol. The Morgan fingerprint density at radius 1 is 1.21 bits per heavy atom. The molecule has 1 fully saturated rings. The van der Waals surface area contributed by atoms with Crippen molar-refractivity contribution in [2.45, 2.75) is 64.1 Å². The van der Waals surface area contributed by atoms with E-state index in [-0.39, 0.29) is 29.0 Å². The van der Waals surface area contributed by atoms with Gasteiger partial charge in [0.25, 0.3) is 10.0 Å². The highest BCUT2D eigenvalue weighted by Crippen LogP contribution is 2.36. The van der Waals surface area contributed by atoms with Crippen molar-refractivity contribution in [3.63, 3.8) is 0 Å². The second-order valence-electron chi connectivity index (χ2n) is 11.2. The molecule has 42 heavy (non-hydrogen) atoms. The maximum Gasteiger partial charge on any atom is 0.410 e. The normalized spacial score (nSPS) is 15.5. The number of carbonyl (C=O) groups excluding carboxylic acids is 1. The quantitative estimate of drug-likeness (QED) is 0.334. The van der Waals surface area contributed by atoms with Gasteiger partial charge >= 0.3 is 6.09 Å². The zero-order valence-electron chi connectivity index (χ0n) is 24.6. The van der Waals surface area contributed by atoms with Gasteiger partial charge in [0.15, 0.2) is 10.7 Å². The van der Waals surface area contributed by atoms with Crippen molar-refractivity contribution in [1.82, 2.24) is 14.3 Å². The van der Waals surface area contributed by atoms with Gasteiger partial charge in [-0.3, -0.25) is 0 Å². The second kappa shape index (κ2) is 12.0. The third-order valence-electron chi connectivity index (χ3n) is 7.11. The Morgan fingerprint density at radius 3 is 2.52 bits per heavy atom. The highest BCUT2D eigenvalue weighted by atomic mass is 32.2. The van der Waals surface area contributed by atoms with Gasteiger partial charge in [-0.25, -0.2) is 31.3 Å². The molecule has 1 amide bonds. The SMILES string of the molecule is COc1ccc(CN(c2ncns2)S(=O)(=O)c2c(F)cc(N(C)[C@H]3CCN(C(=O)OC(C)(C)C)C3)c(C)c2F)c(C)c1. The number of methoxy groups -OCH3 is 1. The third kappa shape index (κ3) is 6.43. The molecule has 0 saturated carbocycles. The number of anilines is 2. The van der Waals surface area contributed by atoms with Crippen molar-refractivity contribution in [1.29, 1.82) is 0 Å². The fourth-order valence-corrected chi connectivity index (χ4v) is 7.10. The number of ether oxygens (including phenoxy) is 2. The van der Waals surface area contributed by atoms with E-state index in [9.17, 15) is 13.2 Å². The summed E-state index contributed by atoms with van der Waals surface area (Å²) in [7, 11) is -1.58. The summed E-state index contributed by atoms with van der Waals surface area (Å²) in [4.78, 5) is 18.7. The van der Waals surface area contributed by atoms with Gasteiger partial charge in [-0.15, -0.1) is 0 Å². The van der Waals surface area contributed by atoms with Crippen molar-refractivity contribution in [3.8, 4) is 5.75 Å². The molecule has 1 atom stereocenters. The molecule has 2 heterocycles. The highest BCUT2D eigenvalue weighted by molar-refractivity contribution is 7.93. The van der Waals surface area contributed by atoms with Gasteiger partial charge in [-0.1, -0.05) is 6.07 Å². The molecule has 1 saturated heterocycles. The minimum Gasteiger partial charge on any atom is -0.497 e. The Bertz CT molecular complexity index is 1560. The number of benzene rings is 2. The lowest BCUT2D eigenvalue weighted by Crippen LogP contribution is -2.39. The Labute approximate surface area is 249 Å². The number of carbonyl (C=O) groups is 1. The zero-order chi connectivity index (χ0) is 31.0. The van der Waals surface area contributed by atoms with Crippen LogP contribution in [0.25, 0.3) is 0 Å². The second-order valence-corrected chi connectivity index (χ2v) is 13.7. The van der Waals surface area contributed by atoms with Crippen LogP contribution in [-0.4, -0.2) is 67.7 Å². The molecule has 3 aromatic rings. The lowest BCUT2D eigenvalue weighted by molar-refractivity contribution is 0.0292. The minimum atomic E-state index is -4.77. The topological polar surface area (TPSA) is 105 Å². The number of likely N-dealkylation sites (N-methyl/N-ethyl adjacent to an activating group) is 1. The Kier molecular flexibility index (Phi) is 8.97. The molecule has 0 radical (unpaired) electrons. The van der Waals surface area contributed by atoms with Crippen molar-refractivity contribution in [2.75, 3.05) is 36.5 Å². The van der Waals surface area contributed by atoms with Crippen molar-refractivity contribution >= 4 is 38.5 Å². The molecular formula is C28H35F2N5O5S2. The number of halogens is 2. The predicted octanol–water partition coefficient (Wildman–Crippen LogP) is 5.28. The van der Waals surface area contributed by atoms with Crippen LogP contribution in [0.2, 0.25) is 0 Å². The maximum atomic E-state index is 16.0. The largest absolute Gasteiger partial charge is 0.497 e. The van der Waals surface area contributed by atoms with E-state index in [0.717, 1.165) is 27.5 Å². The molecule has 0 aliphatic carbocycles. The number of likely N-dealkylation sites (tertiary alicyclic amines) is 1. The summed E-state index contributed by atoms with van der Waals surface area (Å²) in [6.07, 6.45) is 1.27.